The molecule has 0 aromatic heterocycles. The minimum absolute atomic E-state index is 0.303. The Balaban J connectivity index is 1.79. The topological polar surface area (TPSA) is 54.3 Å². The monoisotopic (exact) mass is 258 g/mol. The van der Waals surface area contributed by atoms with Gasteiger partial charge in [-0.3, -0.25) is 0 Å². The average molecular weight is 258 g/mol. The molecule has 0 radical (unpaired) electrons. The van der Waals surface area contributed by atoms with E-state index in [-0.39, 0.29) is 0 Å². The van der Waals surface area contributed by atoms with Crippen molar-refractivity contribution in [1.82, 2.24) is 0 Å². The van der Waals surface area contributed by atoms with Gasteiger partial charge in [-0.25, -0.2) is 0 Å². The number of nitrogens with one attached hydrogen (secondary N) is 1. The van der Waals surface area contributed by atoms with E-state index in [1.54, 1.807) is 13.2 Å². The number of benzene rings is 1. The molecule has 2 atom stereocenters. The Kier molecular flexibility index (Phi) is 3.31. The molecule has 1 aromatic carbocycles. The first-order chi connectivity index (χ1) is 9.31. The van der Waals surface area contributed by atoms with Crippen LogP contribution in [0, 0.1) is 17.2 Å². The summed E-state index contributed by atoms with van der Waals surface area (Å²) < 4.78 is 11.0. The molecule has 1 saturated heterocycles. The van der Waals surface area contributed by atoms with Gasteiger partial charge in [0.2, 0.25) is 0 Å². The normalized spacial score (nSPS) is 25.9. The molecule has 4 nitrogen and oxygen atoms in total. The number of rotatable bonds is 4. The maximum Gasteiger partial charge on any atom is 0.121 e. The van der Waals surface area contributed by atoms with Crippen molar-refractivity contribution in [2.45, 2.75) is 31.4 Å². The van der Waals surface area contributed by atoms with Gasteiger partial charge >= 0.3 is 0 Å². The molecule has 100 valence electrons. The Labute approximate surface area is 113 Å². The van der Waals surface area contributed by atoms with Crippen LogP contribution in [-0.2, 0) is 4.74 Å². The summed E-state index contributed by atoms with van der Waals surface area (Å²) in [4.78, 5) is 0. The second-order valence-electron chi connectivity index (χ2n) is 5.24. The summed E-state index contributed by atoms with van der Waals surface area (Å²) in [6, 6.07) is 8.03. The Morgan fingerprint density at radius 3 is 2.89 bits per heavy atom. The van der Waals surface area contributed by atoms with E-state index in [0.717, 1.165) is 24.5 Å². The highest BCUT2D eigenvalue weighted by atomic mass is 16.5. The number of anilines is 1. The third-order valence-electron chi connectivity index (χ3n) is 3.91. The van der Waals surface area contributed by atoms with Crippen LogP contribution in [0.1, 0.15) is 24.8 Å². The van der Waals surface area contributed by atoms with E-state index >= 15 is 0 Å². The molecule has 0 spiro atoms. The fourth-order valence-corrected chi connectivity index (χ4v) is 2.72. The lowest BCUT2D eigenvalue weighted by molar-refractivity contribution is 0.0898. The van der Waals surface area contributed by atoms with Crippen molar-refractivity contribution >= 4 is 5.69 Å². The van der Waals surface area contributed by atoms with E-state index in [1.807, 2.05) is 12.1 Å². The Bertz CT molecular complexity index is 505. The van der Waals surface area contributed by atoms with Crippen molar-refractivity contribution < 1.29 is 9.47 Å². The lowest BCUT2D eigenvalue weighted by atomic mass is 10.0. The standard InChI is InChI=1S/C15H18N2O2/c1-18-12-5-4-11(9-16)14(8-12)17-13-6-7-19-15(13)10-2-3-10/h4-5,8,10,13,15,17H,2-3,6-7H2,1H3. The third kappa shape index (κ3) is 2.52. The molecule has 2 aliphatic rings. The molecule has 19 heavy (non-hydrogen) atoms. The average Bonchev–Trinajstić information content (AvgIpc) is 3.19. The maximum atomic E-state index is 9.18. The van der Waals surface area contributed by atoms with Gasteiger partial charge in [0, 0.05) is 12.7 Å². The minimum Gasteiger partial charge on any atom is -0.497 e. The summed E-state index contributed by atoms with van der Waals surface area (Å²) in [6.45, 7) is 0.810. The number of nitrogens with zero attached hydrogens (tertiary/aromatic N) is 1. The highest BCUT2D eigenvalue weighted by molar-refractivity contribution is 5.61. The third-order valence-corrected chi connectivity index (χ3v) is 3.91. The number of hydrogen-bond acceptors (Lipinski definition) is 4. The first-order valence-corrected chi connectivity index (χ1v) is 6.78. The van der Waals surface area contributed by atoms with E-state index < -0.39 is 0 Å². The summed E-state index contributed by atoms with van der Waals surface area (Å²) in [5, 5.41) is 12.7. The van der Waals surface area contributed by atoms with Crippen LogP contribution in [0.15, 0.2) is 18.2 Å². The molecule has 1 aliphatic heterocycles. The molecule has 1 saturated carbocycles. The fraction of sp³-hybridized carbons (Fsp3) is 0.533. The summed E-state index contributed by atoms with van der Waals surface area (Å²) >= 11 is 0. The molecule has 2 fully saturated rings. The van der Waals surface area contributed by atoms with E-state index in [2.05, 4.69) is 11.4 Å². The van der Waals surface area contributed by atoms with Crippen molar-refractivity contribution in [3.05, 3.63) is 23.8 Å². The molecule has 1 N–H and O–H groups in total. The summed E-state index contributed by atoms with van der Waals surface area (Å²) in [5.41, 5.74) is 1.50. The predicted molar refractivity (Wildman–Crippen MR) is 72.2 cm³/mol. The van der Waals surface area contributed by atoms with Crippen LogP contribution in [0.25, 0.3) is 0 Å². The number of methoxy groups -OCH3 is 1. The summed E-state index contributed by atoms with van der Waals surface area (Å²) in [5.74, 6) is 1.47. The molecule has 1 aromatic rings. The zero-order valence-electron chi connectivity index (χ0n) is 11.1. The Morgan fingerprint density at radius 1 is 1.37 bits per heavy atom. The van der Waals surface area contributed by atoms with E-state index in [0.29, 0.717) is 23.6 Å². The van der Waals surface area contributed by atoms with Crippen LogP contribution >= 0.6 is 0 Å². The van der Waals surface area contributed by atoms with Gasteiger partial charge in [-0.2, -0.15) is 5.26 Å². The van der Waals surface area contributed by atoms with Crippen LogP contribution in [0.5, 0.6) is 5.75 Å². The summed E-state index contributed by atoms with van der Waals surface area (Å²) in [7, 11) is 1.64. The SMILES string of the molecule is COc1ccc(C#N)c(NC2CCOC2C2CC2)c1. The molecule has 2 unspecified atom stereocenters. The molecule has 3 rings (SSSR count). The molecule has 1 heterocycles. The van der Waals surface area contributed by atoms with Gasteiger partial charge in [0.15, 0.2) is 0 Å². The second-order valence-corrected chi connectivity index (χ2v) is 5.24. The molecule has 0 bridgehead atoms. The first kappa shape index (κ1) is 12.3. The molecule has 0 amide bonds. The van der Waals surface area contributed by atoms with Crippen LogP contribution < -0.4 is 10.1 Å². The number of hydrogen-bond donors (Lipinski definition) is 1. The van der Waals surface area contributed by atoms with Gasteiger partial charge in [0.1, 0.15) is 11.8 Å². The zero-order valence-corrected chi connectivity index (χ0v) is 11.1. The van der Waals surface area contributed by atoms with Gasteiger partial charge in [-0.15, -0.1) is 0 Å². The largest absolute Gasteiger partial charge is 0.497 e. The number of nitriles is 1. The van der Waals surface area contributed by atoms with Crippen molar-refractivity contribution in [1.29, 1.82) is 5.26 Å². The van der Waals surface area contributed by atoms with E-state index in [9.17, 15) is 5.26 Å². The minimum atomic E-state index is 0.303. The van der Waals surface area contributed by atoms with Crippen molar-refractivity contribution in [3.63, 3.8) is 0 Å². The first-order valence-electron chi connectivity index (χ1n) is 6.78. The molecular weight excluding hydrogens is 240 g/mol. The quantitative estimate of drug-likeness (QED) is 0.901. The van der Waals surface area contributed by atoms with Crippen molar-refractivity contribution in [2.75, 3.05) is 19.0 Å². The van der Waals surface area contributed by atoms with Gasteiger partial charge < -0.3 is 14.8 Å². The molecular formula is C15H18N2O2. The molecule has 4 heteroatoms. The second kappa shape index (κ2) is 5.10. The highest BCUT2D eigenvalue weighted by Crippen LogP contribution is 2.40. The summed E-state index contributed by atoms with van der Waals surface area (Å²) in [6.07, 6.45) is 3.85. The van der Waals surface area contributed by atoms with Gasteiger partial charge in [0.05, 0.1) is 30.5 Å². The Hall–Kier alpha value is -1.73. The van der Waals surface area contributed by atoms with Gasteiger partial charge in [0.25, 0.3) is 0 Å². The van der Waals surface area contributed by atoms with Gasteiger partial charge in [-0.1, -0.05) is 0 Å². The zero-order chi connectivity index (χ0) is 13.2. The smallest absolute Gasteiger partial charge is 0.121 e. The van der Waals surface area contributed by atoms with Crippen molar-refractivity contribution in [3.8, 4) is 11.8 Å². The fourth-order valence-electron chi connectivity index (χ4n) is 2.72. The lowest BCUT2D eigenvalue weighted by Gasteiger charge is -2.21. The van der Waals surface area contributed by atoms with Crippen LogP contribution in [0.4, 0.5) is 5.69 Å². The molecule has 1 aliphatic carbocycles. The Morgan fingerprint density at radius 2 is 2.21 bits per heavy atom. The van der Waals surface area contributed by atoms with E-state index in [1.165, 1.54) is 12.8 Å². The van der Waals surface area contributed by atoms with E-state index in [4.69, 9.17) is 9.47 Å². The van der Waals surface area contributed by atoms with Gasteiger partial charge in [-0.05, 0) is 37.3 Å². The van der Waals surface area contributed by atoms with Crippen molar-refractivity contribution in [2.24, 2.45) is 5.92 Å². The highest BCUT2D eigenvalue weighted by Gasteiger charge is 2.40. The van der Waals surface area contributed by atoms with Crippen LogP contribution in [-0.4, -0.2) is 25.9 Å². The maximum absolute atomic E-state index is 9.18. The predicted octanol–water partition coefficient (Wildman–Crippen LogP) is 2.55. The lowest BCUT2D eigenvalue weighted by Crippen LogP contribution is -2.31. The van der Waals surface area contributed by atoms with Crippen LogP contribution in [0.3, 0.4) is 0 Å². The number of ether oxygens (including phenoxy) is 2. The van der Waals surface area contributed by atoms with Crippen LogP contribution in [0.2, 0.25) is 0 Å².